The first-order chi connectivity index (χ1) is 17.3. The van der Waals surface area contributed by atoms with Crippen molar-refractivity contribution in [1.29, 1.82) is 0 Å². The van der Waals surface area contributed by atoms with E-state index in [2.05, 4.69) is 15.6 Å². The van der Waals surface area contributed by atoms with Gasteiger partial charge in [-0.05, 0) is 55.7 Å². The molecule has 3 fully saturated rings. The quantitative estimate of drug-likeness (QED) is 0.504. The zero-order valence-electron chi connectivity index (χ0n) is 20.1. The van der Waals surface area contributed by atoms with Gasteiger partial charge in [-0.1, -0.05) is 36.5 Å². The van der Waals surface area contributed by atoms with Crippen LogP contribution in [0.1, 0.15) is 55.9 Å². The van der Waals surface area contributed by atoms with E-state index >= 15 is 0 Å². The highest BCUT2D eigenvalue weighted by molar-refractivity contribution is 6.38. The standard InChI is InChI=1S/C26H30Cl2N4O4/c1-2-22(33)20(8-13-6-7-29-24(13)34)31-25(35)23-16-5-3-4-14(16)12-32(23)26(36)21-11-17-18(28)9-15(27)10-19(17)30-21/h9-11,13-14,16,20,23,30H,2-8,12H2,1H3,(H,29,34)(H,31,35). The van der Waals surface area contributed by atoms with E-state index in [4.69, 9.17) is 23.2 Å². The number of aromatic amines is 1. The van der Waals surface area contributed by atoms with E-state index in [1.807, 2.05) is 0 Å². The van der Waals surface area contributed by atoms with Gasteiger partial charge in [-0.2, -0.15) is 0 Å². The summed E-state index contributed by atoms with van der Waals surface area (Å²) in [6, 6.07) is 3.62. The van der Waals surface area contributed by atoms with Crippen LogP contribution in [-0.2, 0) is 14.4 Å². The molecule has 1 aromatic carbocycles. The molecule has 2 aliphatic heterocycles. The van der Waals surface area contributed by atoms with Crippen molar-refractivity contribution in [3.05, 3.63) is 33.9 Å². The average molecular weight is 533 g/mol. The Labute approximate surface area is 219 Å². The Balaban J connectivity index is 1.40. The Bertz CT molecular complexity index is 1230. The van der Waals surface area contributed by atoms with Crippen LogP contribution in [0.15, 0.2) is 18.2 Å². The summed E-state index contributed by atoms with van der Waals surface area (Å²) in [6.07, 6.45) is 4.02. The average Bonchev–Trinajstić information content (AvgIpc) is 3.61. The Morgan fingerprint density at radius 1 is 1.17 bits per heavy atom. The van der Waals surface area contributed by atoms with Crippen molar-refractivity contribution in [3.8, 4) is 0 Å². The third kappa shape index (κ3) is 4.61. The molecule has 192 valence electrons. The van der Waals surface area contributed by atoms with Crippen molar-refractivity contribution in [3.63, 3.8) is 0 Å². The highest BCUT2D eigenvalue weighted by Crippen LogP contribution is 2.43. The fourth-order valence-electron chi connectivity index (χ4n) is 6.21. The van der Waals surface area contributed by atoms with Gasteiger partial charge in [0.1, 0.15) is 11.7 Å². The zero-order valence-corrected chi connectivity index (χ0v) is 21.6. The Hall–Kier alpha value is -2.58. The fourth-order valence-corrected chi connectivity index (χ4v) is 6.76. The van der Waals surface area contributed by atoms with Crippen molar-refractivity contribution in [2.45, 2.75) is 57.5 Å². The Kier molecular flexibility index (Phi) is 7.01. The summed E-state index contributed by atoms with van der Waals surface area (Å²) in [7, 11) is 0. The van der Waals surface area contributed by atoms with Gasteiger partial charge < -0.3 is 20.5 Å². The van der Waals surface area contributed by atoms with Crippen LogP contribution >= 0.6 is 23.2 Å². The molecular weight excluding hydrogens is 503 g/mol. The summed E-state index contributed by atoms with van der Waals surface area (Å²) in [6.45, 7) is 2.82. The van der Waals surface area contributed by atoms with Crippen molar-refractivity contribution in [2.75, 3.05) is 13.1 Å². The van der Waals surface area contributed by atoms with Gasteiger partial charge in [0.15, 0.2) is 5.78 Å². The maximum Gasteiger partial charge on any atom is 0.271 e. The normalized spacial score (nSPS) is 26.2. The first kappa shape index (κ1) is 25.1. The summed E-state index contributed by atoms with van der Waals surface area (Å²) in [4.78, 5) is 57.0. The number of halogens is 2. The van der Waals surface area contributed by atoms with Crippen LogP contribution in [0, 0.1) is 17.8 Å². The number of ketones is 1. The molecule has 3 heterocycles. The van der Waals surface area contributed by atoms with E-state index in [9.17, 15) is 19.2 Å². The highest BCUT2D eigenvalue weighted by atomic mass is 35.5. The molecule has 0 radical (unpaired) electrons. The van der Waals surface area contributed by atoms with Crippen LogP contribution in [0.4, 0.5) is 0 Å². The zero-order chi connectivity index (χ0) is 25.6. The number of fused-ring (bicyclic) bond motifs is 2. The number of H-pyrrole nitrogens is 1. The summed E-state index contributed by atoms with van der Waals surface area (Å²) < 4.78 is 0. The van der Waals surface area contributed by atoms with E-state index in [1.54, 1.807) is 30.0 Å². The fraction of sp³-hybridized carbons (Fsp3) is 0.538. The maximum absolute atomic E-state index is 13.7. The number of nitrogens with one attached hydrogen (secondary N) is 3. The van der Waals surface area contributed by atoms with Crippen LogP contribution in [-0.4, -0.2) is 58.6 Å². The molecule has 2 aromatic rings. The third-order valence-electron chi connectivity index (χ3n) is 8.04. The summed E-state index contributed by atoms with van der Waals surface area (Å²) in [5, 5.41) is 7.32. The lowest BCUT2D eigenvalue weighted by Gasteiger charge is -2.29. The molecule has 0 spiro atoms. The second-order valence-electron chi connectivity index (χ2n) is 10.2. The molecule has 0 bridgehead atoms. The number of Topliss-reactive ketones (excluding diaryl/α,β-unsaturated/α-hetero) is 1. The molecule has 10 heteroatoms. The second kappa shape index (κ2) is 10.1. The van der Waals surface area contributed by atoms with Gasteiger partial charge in [0.05, 0.1) is 11.1 Å². The first-order valence-electron chi connectivity index (χ1n) is 12.7. The predicted molar refractivity (Wildman–Crippen MR) is 137 cm³/mol. The number of amides is 3. The Morgan fingerprint density at radius 2 is 1.97 bits per heavy atom. The number of hydrogen-bond acceptors (Lipinski definition) is 4. The lowest BCUT2D eigenvalue weighted by atomic mass is 9.91. The summed E-state index contributed by atoms with van der Waals surface area (Å²) >= 11 is 12.4. The summed E-state index contributed by atoms with van der Waals surface area (Å²) in [5.41, 5.74) is 0.996. The number of hydrogen-bond donors (Lipinski definition) is 3. The largest absolute Gasteiger partial charge is 0.356 e. The van der Waals surface area contributed by atoms with Gasteiger partial charge in [-0.25, -0.2) is 0 Å². The van der Waals surface area contributed by atoms with Crippen LogP contribution in [0.3, 0.4) is 0 Å². The van der Waals surface area contributed by atoms with Gasteiger partial charge in [0.25, 0.3) is 5.91 Å². The SMILES string of the molecule is CCC(=O)C(CC1CCNC1=O)NC(=O)C1C2CCCC2CN1C(=O)c1cc2c(Cl)cc(Cl)cc2[nH]1. The molecule has 1 saturated carbocycles. The van der Waals surface area contributed by atoms with Gasteiger partial charge in [-0.3, -0.25) is 19.2 Å². The van der Waals surface area contributed by atoms with Gasteiger partial charge in [-0.15, -0.1) is 0 Å². The van der Waals surface area contributed by atoms with Crippen LogP contribution in [0.5, 0.6) is 0 Å². The number of nitrogens with zero attached hydrogens (tertiary/aromatic N) is 1. The van der Waals surface area contributed by atoms with Gasteiger partial charge in [0.2, 0.25) is 11.8 Å². The third-order valence-corrected chi connectivity index (χ3v) is 8.57. The van der Waals surface area contributed by atoms with E-state index in [-0.39, 0.29) is 54.1 Å². The van der Waals surface area contributed by atoms with Gasteiger partial charge >= 0.3 is 0 Å². The van der Waals surface area contributed by atoms with Crippen molar-refractivity contribution >= 4 is 57.6 Å². The lowest BCUT2D eigenvalue weighted by molar-refractivity contribution is -0.132. The number of carbonyl (C=O) groups excluding carboxylic acids is 4. The molecule has 1 aliphatic carbocycles. The monoisotopic (exact) mass is 532 g/mol. The van der Waals surface area contributed by atoms with E-state index in [0.29, 0.717) is 46.2 Å². The van der Waals surface area contributed by atoms with Crippen molar-refractivity contribution < 1.29 is 19.2 Å². The molecule has 1 aromatic heterocycles. The summed E-state index contributed by atoms with van der Waals surface area (Å²) in [5.74, 6) is -0.791. The molecule has 3 amide bonds. The molecular formula is C26H30Cl2N4O4. The van der Waals surface area contributed by atoms with E-state index in [0.717, 1.165) is 19.3 Å². The maximum atomic E-state index is 13.7. The van der Waals surface area contributed by atoms with E-state index < -0.39 is 12.1 Å². The number of benzene rings is 1. The lowest BCUT2D eigenvalue weighted by Crippen LogP contribution is -2.53. The number of likely N-dealkylation sites (tertiary alicyclic amines) is 1. The smallest absolute Gasteiger partial charge is 0.271 e. The molecule has 5 atom stereocenters. The second-order valence-corrected chi connectivity index (χ2v) is 11.0. The van der Waals surface area contributed by atoms with Gasteiger partial charge in [0, 0.05) is 41.4 Å². The molecule has 5 rings (SSSR count). The number of aromatic nitrogens is 1. The molecule has 3 N–H and O–H groups in total. The Morgan fingerprint density at radius 3 is 2.69 bits per heavy atom. The minimum absolute atomic E-state index is 0.0449. The van der Waals surface area contributed by atoms with E-state index in [1.165, 1.54) is 0 Å². The first-order valence-corrected chi connectivity index (χ1v) is 13.4. The van der Waals surface area contributed by atoms with Crippen LogP contribution < -0.4 is 10.6 Å². The molecule has 3 aliphatic rings. The van der Waals surface area contributed by atoms with Crippen molar-refractivity contribution in [1.82, 2.24) is 20.5 Å². The molecule has 5 unspecified atom stereocenters. The number of carbonyl (C=O) groups is 4. The minimum Gasteiger partial charge on any atom is -0.356 e. The van der Waals surface area contributed by atoms with Crippen LogP contribution in [0.2, 0.25) is 10.0 Å². The van der Waals surface area contributed by atoms with Crippen molar-refractivity contribution in [2.24, 2.45) is 17.8 Å². The molecule has 8 nitrogen and oxygen atoms in total. The number of rotatable bonds is 7. The predicted octanol–water partition coefficient (Wildman–Crippen LogP) is 3.71. The van der Waals surface area contributed by atoms with Crippen LogP contribution in [0.25, 0.3) is 10.9 Å². The minimum atomic E-state index is -0.747. The molecule has 2 saturated heterocycles. The topological polar surface area (TPSA) is 111 Å². The highest BCUT2D eigenvalue weighted by Gasteiger charge is 2.50. The molecule has 36 heavy (non-hydrogen) atoms.